The minimum atomic E-state index is -3.50. The zero-order valence-electron chi connectivity index (χ0n) is 12.5. The Balaban J connectivity index is 1.99. The number of carbonyl (C=O) groups is 1. The zero-order valence-corrected chi connectivity index (χ0v) is 13.3. The lowest BCUT2D eigenvalue weighted by Crippen LogP contribution is -2.16. The molecule has 2 aromatic rings. The van der Waals surface area contributed by atoms with E-state index in [0.717, 1.165) is 29.5 Å². The van der Waals surface area contributed by atoms with E-state index >= 15 is 0 Å². The van der Waals surface area contributed by atoms with Gasteiger partial charge in [-0.1, -0.05) is 30.3 Å². The van der Waals surface area contributed by atoms with Gasteiger partial charge in [0.2, 0.25) is 16.2 Å². The lowest BCUT2D eigenvalue weighted by molar-refractivity contribution is -0.109. The van der Waals surface area contributed by atoms with Crippen LogP contribution in [0.3, 0.4) is 0 Å². The van der Waals surface area contributed by atoms with E-state index in [-0.39, 0.29) is 0 Å². The molecule has 2 aromatic carbocycles. The van der Waals surface area contributed by atoms with Crippen LogP contribution in [-0.4, -0.2) is 21.4 Å². The quantitative estimate of drug-likeness (QED) is 0.859. The molecule has 3 rings (SSSR count). The first kappa shape index (κ1) is 15.5. The first-order valence-electron chi connectivity index (χ1n) is 7.42. The molecule has 4 nitrogen and oxygen atoms in total. The first-order valence-corrected chi connectivity index (χ1v) is 8.91. The van der Waals surface area contributed by atoms with Crippen molar-refractivity contribution in [3.05, 3.63) is 65.7 Å². The van der Waals surface area contributed by atoms with Gasteiger partial charge in [-0.05, 0) is 53.8 Å². The highest BCUT2D eigenvalue weighted by molar-refractivity contribution is 7.91. The largest absolute Gasteiger partial charge is 0.355 e. The number of rotatable bonds is 5. The number of aryl methyl sites for hydroxylation is 1. The summed E-state index contributed by atoms with van der Waals surface area (Å²) in [5, 5.41) is 2.66. The number of amides is 1. The molecule has 118 valence electrons. The fourth-order valence-corrected chi connectivity index (χ4v) is 4.16. The van der Waals surface area contributed by atoms with Gasteiger partial charge in [0, 0.05) is 6.54 Å². The van der Waals surface area contributed by atoms with Crippen LogP contribution in [0.4, 0.5) is 0 Å². The lowest BCUT2D eigenvalue weighted by atomic mass is 9.91. The van der Waals surface area contributed by atoms with Gasteiger partial charge in [0.25, 0.3) is 0 Å². The van der Waals surface area contributed by atoms with Crippen LogP contribution in [0, 0.1) is 0 Å². The van der Waals surface area contributed by atoms with E-state index in [0.29, 0.717) is 22.7 Å². The molecule has 0 aromatic heterocycles. The van der Waals surface area contributed by atoms with E-state index in [2.05, 4.69) is 11.4 Å². The van der Waals surface area contributed by atoms with Gasteiger partial charge >= 0.3 is 0 Å². The second kappa shape index (κ2) is 6.38. The molecule has 1 amide bonds. The SMILES string of the molecule is O=CNCC1=CCCc2cc(S(=O)(=O)c3ccccc3)ccc21. The van der Waals surface area contributed by atoms with E-state index in [1.807, 2.05) is 6.07 Å². The molecule has 0 saturated heterocycles. The summed E-state index contributed by atoms with van der Waals surface area (Å²) in [7, 11) is -3.50. The molecule has 0 fully saturated rings. The Morgan fingerprint density at radius 3 is 2.57 bits per heavy atom. The van der Waals surface area contributed by atoms with E-state index < -0.39 is 9.84 Å². The Labute approximate surface area is 135 Å². The van der Waals surface area contributed by atoms with Crippen LogP contribution in [-0.2, 0) is 21.1 Å². The predicted octanol–water partition coefficient (Wildman–Crippen LogP) is 2.60. The molecule has 0 spiro atoms. The lowest BCUT2D eigenvalue weighted by Gasteiger charge is -2.18. The number of hydrogen-bond donors (Lipinski definition) is 1. The summed E-state index contributed by atoms with van der Waals surface area (Å²) >= 11 is 0. The summed E-state index contributed by atoms with van der Waals surface area (Å²) in [4.78, 5) is 11.1. The predicted molar refractivity (Wildman–Crippen MR) is 88.7 cm³/mol. The van der Waals surface area contributed by atoms with Crippen molar-refractivity contribution >= 4 is 21.8 Å². The summed E-state index contributed by atoms with van der Waals surface area (Å²) < 4.78 is 25.4. The fourth-order valence-electron chi connectivity index (χ4n) is 2.82. The summed E-state index contributed by atoms with van der Waals surface area (Å²) in [5.41, 5.74) is 3.05. The molecule has 0 unspecified atom stereocenters. The molecule has 1 aliphatic carbocycles. The third kappa shape index (κ3) is 3.05. The van der Waals surface area contributed by atoms with Crippen LogP contribution in [0.15, 0.2) is 64.4 Å². The molecule has 0 radical (unpaired) electrons. The van der Waals surface area contributed by atoms with E-state index in [1.54, 1.807) is 42.5 Å². The van der Waals surface area contributed by atoms with E-state index in [9.17, 15) is 13.2 Å². The van der Waals surface area contributed by atoms with Crippen LogP contribution in [0.5, 0.6) is 0 Å². The maximum Gasteiger partial charge on any atom is 0.207 e. The zero-order chi connectivity index (χ0) is 16.3. The number of fused-ring (bicyclic) bond motifs is 1. The smallest absolute Gasteiger partial charge is 0.207 e. The third-order valence-corrected chi connectivity index (χ3v) is 5.73. The highest BCUT2D eigenvalue weighted by Gasteiger charge is 2.20. The third-order valence-electron chi connectivity index (χ3n) is 3.97. The topological polar surface area (TPSA) is 63.2 Å². The number of allylic oxidation sites excluding steroid dienone is 1. The van der Waals surface area contributed by atoms with Crippen LogP contribution in [0.1, 0.15) is 17.5 Å². The highest BCUT2D eigenvalue weighted by Crippen LogP contribution is 2.30. The van der Waals surface area contributed by atoms with Crippen LogP contribution < -0.4 is 5.32 Å². The average Bonchev–Trinajstić information content (AvgIpc) is 2.60. The summed E-state index contributed by atoms with van der Waals surface area (Å²) in [6.07, 6.45) is 4.41. The van der Waals surface area contributed by atoms with Crippen molar-refractivity contribution in [3.8, 4) is 0 Å². The van der Waals surface area contributed by atoms with Crippen molar-refractivity contribution < 1.29 is 13.2 Å². The minimum absolute atomic E-state index is 0.300. The van der Waals surface area contributed by atoms with Crippen molar-refractivity contribution in [2.24, 2.45) is 0 Å². The maximum absolute atomic E-state index is 12.7. The maximum atomic E-state index is 12.7. The molecule has 0 aliphatic heterocycles. The second-order valence-electron chi connectivity index (χ2n) is 5.40. The van der Waals surface area contributed by atoms with Gasteiger partial charge in [0.15, 0.2) is 0 Å². The van der Waals surface area contributed by atoms with Gasteiger partial charge in [0.05, 0.1) is 9.79 Å². The van der Waals surface area contributed by atoms with Gasteiger partial charge in [-0.25, -0.2) is 8.42 Å². The molecule has 0 atom stereocenters. The normalized spacial score (nSPS) is 13.8. The van der Waals surface area contributed by atoms with Crippen molar-refractivity contribution in [1.29, 1.82) is 0 Å². The molecule has 0 bridgehead atoms. The standard InChI is InChI=1S/C18H17NO3S/c20-13-19-12-15-6-4-5-14-11-17(9-10-18(14)15)23(21,22)16-7-2-1-3-8-16/h1-3,6-11,13H,4-5,12H2,(H,19,20). The first-order chi connectivity index (χ1) is 11.1. The van der Waals surface area contributed by atoms with Crippen LogP contribution >= 0.6 is 0 Å². The monoisotopic (exact) mass is 327 g/mol. The Kier molecular flexibility index (Phi) is 4.30. The van der Waals surface area contributed by atoms with Crippen LogP contribution in [0.25, 0.3) is 5.57 Å². The molecule has 0 saturated carbocycles. The van der Waals surface area contributed by atoms with Gasteiger partial charge in [-0.2, -0.15) is 0 Å². The Morgan fingerprint density at radius 2 is 1.83 bits per heavy atom. The van der Waals surface area contributed by atoms with Gasteiger partial charge in [-0.15, -0.1) is 0 Å². The molecule has 0 heterocycles. The molecule has 5 heteroatoms. The summed E-state index contributed by atoms with van der Waals surface area (Å²) in [5.74, 6) is 0. The van der Waals surface area contributed by atoms with Crippen molar-refractivity contribution in [3.63, 3.8) is 0 Å². The van der Waals surface area contributed by atoms with Gasteiger partial charge < -0.3 is 5.32 Å². The Bertz CT molecular complexity index is 855. The summed E-state index contributed by atoms with van der Waals surface area (Å²) in [6, 6.07) is 13.7. The Morgan fingerprint density at radius 1 is 1.04 bits per heavy atom. The number of hydrogen-bond acceptors (Lipinski definition) is 3. The Hall–Kier alpha value is -2.40. The molecule has 1 N–H and O–H groups in total. The van der Waals surface area contributed by atoms with Crippen molar-refractivity contribution in [2.75, 3.05) is 6.54 Å². The molecular formula is C18H17NO3S. The van der Waals surface area contributed by atoms with Crippen molar-refractivity contribution in [1.82, 2.24) is 5.32 Å². The summed E-state index contributed by atoms with van der Waals surface area (Å²) in [6.45, 7) is 0.460. The molecule has 23 heavy (non-hydrogen) atoms. The number of nitrogens with one attached hydrogen (secondary N) is 1. The number of carbonyl (C=O) groups excluding carboxylic acids is 1. The van der Waals surface area contributed by atoms with E-state index in [1.165, 1.54) is 0 Å². The van der Waals surface area contributed by atoms with Crippen molar-refractivity contribution in [2.45, 2.75) is 22.6 Å². The minimum Gasteiger partial charge on any atom is -0.355 e. The fraction of sp³-hybridized carbons (Fsp3) is 0.167. The number of sulfone groups is 1. The van der Waals surface area contributed by atoms with Gasteiger partial charge in [0.1, 0.15) is 0 Å². The molecular weight excluding hydrogens is 310 g/mol. The highest BCUT2D eigenvalue weighted by atomic mass is 32.2. The van der Waals surface area contributed by atoms with Gasteiger partial charge in [-0.3, -0.25) is 4.79 Å². The molecule has 1 aliphatic rings. The van der Waals surface area contributed by atoms with Crippen LogP contribution in [0.2, 0.25) is 0 Å². The second-order valence-corrected chi connectivity index (χ2v) is 7.35. The average molecular weight is 327 g/mol. The number of benzene rings is 2. The van der Waals surface area contributed by atoms with E-state index in [4.69, 9.17) is 0 Å².